The Hall–Kier alpha value is -1.17. The van der Waals surface area contributed by atoms with Crippen LogP contribution in [0.2, 0.25) is 0 Å². The van der Waals surface area contributed by atoms with Crippen molar-refractivity contribution < 1.29 is 4.42 Å². The molecule has 0 spiro atoms. The number of thiophene rings is 1. The van der Waals surface area contributed by atoms with Gasteiger partial charge in [-0.3, -0.25) is 4.90 Å². The molecule has 120 valence electrons. The molecule has 0 aliphatic carbocycles. The molecule has 1 saturated heterocycles. The van der Waals surface area contributed by atoms with Crippen molar-refractivity contribution in [1.82, 2.24) is 15.2 Å². The number of piperidine rings is 1. The van der Waals surface area contributed by atoms with Gasteiger partial charge in [-0.1, -0.05) is 13.0 Å². The van der Waals surface area contributed by atoms with Gasteiger partial charge in [-0.2, -0.15) is 0 Å². The smallest absolute Gasteiger partial charge is 0.236 e. The molecule has 3 heterocycles. The van der Waals surface area contributed by atoms with Crippen molar-refractivity contribution in [3.8, 4) is 10.8 Å². The topological polar surface area (TPSA) is 41.3 Å². The molecule has 0 radical (unpaired) electrons. The molecule has 1 aliphatic heterocycles. The maximum Gasteiger partial charge on any atom is 0.236 e. The van der Waals surface area contributed by atoms with Gasteiger partial charge in [0.15, 0.2) is 0 Å². The molecule has 0 saturated carbocycles. The lowest BCUT2D eigenvalue weighted by molar-refractivity contribution is 0.152. The van der Waals surface area contributed by atoms with E-state index in [0.717, 1.165) is 48.4 Å². The van der Waals surface area contributed by atoms with Gasteiger partial charge in [-0.25, -0.2) is 4.98 Å². The maximum atomic E-state index is 5.89. The van der Waals surface area contributed by atoms with Crippen molar-refractivity contribution in [3.05, 3.63) is 29.0 Å². The van der Waals surface area contributed by atoms with Crippen LogP contribution >= 0.6 is 11.3 Å². The lowest BCUT2D eigenvalue weighted by Crippen LogP contribution is -2.43. The lowest BCUT2D eigenvalue weighted by atomic mass is 10.0. The monoisotopic (exact) mass is 319 g/mol. The van der Waals surface area contributed by atoms with E-state index in [9.17, 15) is 0 Å². The second-order valence-corrected chi connectivity index (χ2v) is 6.90. The molecular weight excluding hydrogens is 294 g/mol. The molecule has 2 aromatic heterocycles. The number of aromatic nitrogens is 1. The second kappa shape index (κ2) is 7.40. The van der Waals surface area contributed by atoms with E-state index in [-0.39, 0.29) is 0 Å². The summed E-state index contributed by atoms with van der Waals surface area (Å²) in [6.07, 6.45) is 3.64. The SMILES string of the molecule is CCCN(Cc1nc(-c2cccs2)oc1C)C1CCNCC1. The van der Waals surface area contributed by atoms with Crippen LogP contribution in [0.15, 0.2) is 21.9 Å². The van der Waals surface area contributed by atoms with Crippen LogP contribution in [0, 0.1) is 6.92 Å². The molecule has 22 heavy (non-hydrogen) atoms. The third-order valence-corrected chi connectivity index (χ3v) is 5.17. The summed E-state index contributed by atoms with van der Waals surface area (Å²) in [7, 11) is 0. The Kier molecular flexibility index (Phi) is 5.28. The van der Waals surface area contributed by atoms with E-state index in [1.807, 2.05) is 13.0 Å². The van der Waals surface area contributed by atoms with E-state index < -0.39 is 0 Å². The van der Waals surface area contributed by atoms with Gasteiger partial charge in [0.1, 0.15) is 5.76 Å². The van der Waals surface area contributed by atoms with Crippen LogP contribution in [0.1, 0.15) is 37.6 Å². The van der Waals surface area contributed by atoms with Crippen molar-refractivity contribution in [1.29, 1.82) is 0 Å². The van der Waals surface area contributed by atoms with Gasteiger partial charge in [0.25, 0.3) is 0 Å². The summed E-state index contributed by atoms with van der Waals surface area (Å²) in [5.41, 5.74) is 1.09. The van der Waals surface area contributed by atoms with Crippen LogP contribution < -0.4 is 5.32 Å². The van der Waals surface area contributed by atoms with Crippen molar-refractivity contribution in [2.75, 3.05) is 19.6 Å². The summed E-state index contributed by atoms with van der Waals surface area (Å²) in [4.78, 5) is 8.45. The lowest BCUT2D eigenvalue weighted by Gasteiger charge is -2.34. The van der Waals surface area contributed by atoms with E-state index >= 15 is 0 Å². The van der Waals surface area contributed by atoms with E-state index in [4.69, 9.17) is 9.40 Å². The summed E-state index contributed by atoms with van der Waals surface area (Å²) < 4.78 is 5.89. The molecule has 1 fully saturated rings. The number of oxazole rings is 1. The summed E-state index contributed by atoms with van der Waals surface area (Å²) in [6.45, 7) is 8.57. The molecule has 1 N–H and O–H groups in total. The average molecular weight is 319 g/mol. The number of nitrogens with zero attached hydrogens (tertiary/aromatic N) is 2. The van der Waals surface area contributed by atoms with E-state index in [0.29, 0.717) is 6.04 Å². The number of nitrogens with one attached hydrogen (secondary N) is 1. The van der Waals surface area contributed by atoms with Crippen LogP contribution in [-0.2, 0) is 6.54 Å². The Labute approximate surface area is 136 Å². The highest BCUT2D eigenvalue weighted by atomic mass is 32.1. The van der Waals surface area contributed by atoms with Crippen LogP contribution in [0.4, 0.5) is 0 Å². The van der Waals surface area contributed by atoms with Crippen molar-refractivity contribution >= 4 is 11.3 Å². The predicted molar refractivity (Wildman–Crippen MR) is 91.1 cm³/mol. The zero-order chi connectivity index (χ0) is 15.4. The van der Waals surface area contributed by atoms with Crippen molar-refractivity contribution in [2.45, 2.75) is 45.7 Å². The van der Waals surface area contributed by atoms with Gasteiger partial charge >= 0.3 is 0 Å². The van der Waals surface area contributed by atoms with Crippen molar-refractivity contribution in [3.63, 3.8) is 0 Å². The molecule has 2 aromatic rings. The fourth-order valence-electron chi connectivity index (χ4n) is 3.12. The third-order valence-electron chi connectivity index (χ3n) is 4.31. The van der Waals surface area contributed by atoms with Gasteiger partial charge in [0.05, 0.1) is 10.6 Å². The second-order valence-electron chi connectivity index (χ2n) is 5.95. The Morgan fingerprint density at radius 3 is 2.91 bits per heavy atom. The first-order valence-corrected chi connectivity index (χ1v) is 9.11. The highest BCUT2D eigenvalue weighted by molar-refractivity contribution is 7.13. The first-order chi connectivity index (χ1) is 10.8. The summed E-state index contributed by atoms with van der Waals surface area (Å²) in [6, 6.07) is 4.77. The fraction of sp³-hybridized carbons (Fsp3) is 0.588. The minimum absolute atomic E-state index is 0.669. The van der Waals surface area contributed by atoms with E-state index in [2.05, 4.69) is 28.6 Å². The Morgan fingerprint density at radius 2 is 2.23 bits per heavy atom. The van der Waals surface area contributed by atoms with Gasteiger partial charge in [-0.15, -0.1) is 11.3 Å². The third kappa shape index (κ3) is 3.59. The van der Waals surface area contributed by atoms with Crippen LogP contribution in [0.3, 0.4) is 0 Å². The van der Waals surface area contributed by atoms with Crippen LogP contribution in [0.5, 0.6) is 0 Å². The first kappa shape index (κ1) is 15.7. The molecule has 0 unspecified atom stereocenters. The number of aryl methyl sites for hydroxylation is 1. The molecule has 1 aliphatic rings. The molecule has 0 atom stereocenters. The number of hydrogen-bond acceptors (Lipinski definition) is 5. The molecule has 5 heteroatoms. The van der Waals surface area contributed by atoms with Gasteiger partial charge < -0.3 is 9.73 Å². The highest BCUT2D eigenvalue weighted by Gasteiger charge is 2.23. The number of rotatable bonds is 6. The molecule has 3 rings (SSSR count). The largest absolute Gasteiger partial charge is 0.440 e. The zero-order valence-corrected chi connectivity index (χ0v) is 14.3. The van der Waals surface area contributed by atoms with Crippen LogP contribution in [0.25, 0.3) is 10.8 Å². The summed E-state index contributed by atoms with van der Waals surface area (Å²) in [5, 5.41) is 5.51. The standard InChI is InChI=1S/C17H25N3OS/c1-3-10-20(14-6-8-18-9-7-14)12-15-13(2)21-17(19-15)16-5-4-11-22-16/h4-5,11,14,18H,3,6-10,12H2,1-2H3. The minimum Gasteiger partial charge on any atom is -0.440 e. The quantitative estimate of drug-likeness (QED) is 0.882. The molecular formula is C17H25N3OS. The Balaban J connectivity index is 1.74. The van der Waals surface area contributed by atoms with Gasteiger partial charge in [0, 0.05) is 12.6 Å². The molecule has 0 amide bonds. The average Bonchev–Trinajstić information content (AvgIpc) is 3.18. The summed E-state index contributed by atoms with van der Waals surface area (Å²) >= 11 is 1.68. The predicted octanol–water partition coefficient (Wildman–Crippen LogP) is 3.68. The minimum atomic E-state index is 0.669. The number of hydrogen-bond donors (Lipinski definition) is 1. The summed E-state index contributed by atoms with van der Waals surface area (Å²) in [5.74, 6) is 1.72. The fourth-order valence-corrected chi connectivity index (χ4v) is 3.77. The zero-order valence-electron chi connectivity index (χ0n) is 13.5. The van der Waals surface area contributed by atoms with Crippen molar-refractivity contribution in [2.24, 2.45) is 0 Å². The Bertz CT molecular complexity index is 573. The first-order valence-electron chi connectivity index (χ1n) is 8.23. The maximum absolute atomic E-state index is 5.89. The van der Waals surface area contributed by atoms with Gasteiger partial charge in [0.2, 0.25) is 5.89 Å². The molecule has 0 aromatic carbocycles. The Morgan fingerprint density at radius 1 is 1.41 bits per heavy atom. The van der Waals surface area contributed by atoms with Crippen LogP contribution in [-0.4, -0.2) is 35.6 Å². The van der Waals surface area contributed by atoms with E-state index in [1.54, 1.807) is 11.3 Å². The normalized spacial score (nSPS) is 16.5. The molecule has 0 bridgehead atoms. The highest BCUT2D eigenvalue weighted by Crippen LogP contribution is 2.27. The van der Waals surface area contributed by atoms with Gasteiger partial charge in [-0.05, 0) is 57.3 Å². The molecule has 4 nitrogen and oxygen atoms in total. The van der Waals surface area contributed by atoms with E-state index in [1.165, 1.54) is 19.3 Å².